The van der Waals surface area contributed by atoms with Crippen LogP contribution in [0.15, 0.2) is 42.5 Å². The highest BCUT2D eigenvalue weighted by molar-refractivity contribution is 6.04. The summed E-state index contributed by atoms with van der Waals surface area (Å²) in [5.74, 6) is -0.282. The summed E-state index contributed by atoms with van der Waals surface area (Å²) in [7, 11) is 2.90. The molecule has 1 fully saturated rings. The van der Waals surface area contributed by atoms with Gasteiger partial charge in [0.2, 0.25) is 11.8 Å². The van der Waals surface area contributed by atoms with Gasteiger partial charge < -0.3 is 19.7 Å². The maximum absolute atomic E-state index is 12.6. The number of nitrogens with zero attached hydrogens (tertiary/aromatic N) is 2. The Balaban J connectivity index is 1.76. The van der Waals surface area contributed by atoms with Crippen LogP contribution < -0.4 is 19.7 Å². The zero-order valence-corrected chi connectivity index (χ0v) is 15.4. The van der Waals surface area contributed by atoms with Crippen molar-refractivity contribution in [3.8, 4) is 11.5 Å². The van der Waals surface area contributed by atoms with Crippen LogP contribution in [0.25, 0.3) is 0 Å². The fourth-order valence-corrected chi connectivity index (χ4v) is 3.06. The Morgan fingerprint density at radius 2 is 2.00 bits per heavy atom. The number of amides is 2. The zero-order chi connectivity index (χ0) is 20.3. The second-order valence-corrected chi connectivity index (χ2v) is 6.24. The molecule has 2 aromatic carbocycles. The molecule has 2 aromatic rings. The summed E-state index contributed by atoms with van der Waals surface area (Å²) < 4.78 is 10.3. The molecule has 0 unspecified atom stereocenters. The minimum absolute atomic E-state index is 0.0376. The summed E-state index contributed by atoms with van der Waals surface area (Å²) in [6, 6.07) is 10.9. The van der Waals surface area contributed by atoms with Crippen LogP contribution in [0.4, 0.5) is 17.1 Å². The average molecular weight is 385 g/mol. The summed E-state index contributed by atoms with van der Waals surface area (Å²) in [4.78, 5) is 36.9. The average Bonchev–Trinajstić information content (AvgIpc) is 3.09. The minimum atomic E-state index is -0.557. The molecule has 1 aliphatic heterocycles. The second kappa shape index (κ2) is 7.95. The summed E-state index contributed by atoms with van der Waals surface area (Å²) in [5.41, 5.74) is 0.831. The molecular weight excluding hydrogens is 366 g/mol. The van der Waals surface area contributed by atoms with E-state index < -0.39 is 10.8 Å². The van der Waals surface area contributed by atoms with Crippen molar-refractivity contribution in [1.82, 2.24) is 0 Å². The van der Waals surface area contributed by atoms with Crippen LogP contribution in [0.2, 0.25) is 0 Å². The van der Waals surface area contributed by atoms with Gasteiger partial charge in [0.15, 0.2) is 0 Å². The number of benzene rings is 2. The molecule has 1 heterocycles. The lowest BCUT2D eigenvalue weighted by Gasteiger charge is -2.19. The molecule has 0 radical (unpaired) electrons. The Kier molecular flexibility index (Phi) is 5.44. The minimum Gasteiger partial charge on any atom is -0.497 e. The largest absolute Gasteiger partial charge is 0.497 e. The van der Waals surface area contributed by atoms with Crippen molar-refractivity contribution in [3.05, 3.63) is 52.6 Å². The van der Waals surface area contributed by atoms with Crippen molar-refractivity contribution >= 4 is 28.9 Å². The van der Waals surface area contributed by atoms with Gasteiger partial charge in [0.1, 0.15) is 11.5 Å². The smallest absolute Gasteiger partial charge is 0.273 e. The van der Waals surface area contributed by atoms with Crippen molar-refractivity contribution in [1.29, 1.82) is 0 Å². The van der Waals surface area contributed by atoms with Gasteiger partial charge in [-0.25, -0.2) is 0 Å². The molecule has 2 amide bonds. The molecule has 0 aromatic heterocycles. The first-order valence-corrected chi connectivity index (χ1v) is 8.50. The first-order valence-electron chi connectivity index (χ1n) is 8.50. The molecular formula is C19H19N3O6. The van der Waals surface area contributed by atoms with Gasteiger partial charge in [0, 0.05) is 30.8 Å². The number of ether oxygens (including phenoxy) is 2. The highest BCUT2D eigenvalue weighted by Gasteiger charge is 2.36. The molecule has 1 aliphatic rings. The van der Waals surface area contributed by atoms with E-state index in [1.807, 2.05) is 0 Å². The Labute approximate surface area is 161 Å². The number of hydrogen-bond acceptors (Lipinski definition) is 6. The predicted molar refractivity (Wildman–Crippen MR) is 102 cm³/mol. The third kappa shape index (κ3) is 3.88. The van der Waals surface area contributed by atoms with Crippen LogP contribution in [0, 0.1) is 16.0 Å². The number of anilines is 2. The molecule has 1 N–H and O–H groups in total. The molecule has 9 nitrogen and oxygen atoms in total. The normalized spacial score (nSPS) is 16.0. The molecule has 28 heavy (non-hydrogen) atoms. The van der Waals surface area contributed by atoms with Crippen molar-refractivity contribution in [2.24, 2.45) is 5.92 Å². The quantitative estimate of drug-likeness (QED) is 0.604. The van der Waals surface area contributed by atoms with Crippen LogP contribution in [0.3, 0.4) is 0 Å². The molecule has 0 spiro atoms. The van der Waals surface area contributed by atoms with Crippen molar-refractivity contribution in [2.75, 3.05) is 31.0 Å². The van der Waals surface area contributed by atoms with Crippen molar-refractivity contribution in [2.45, 2.75) is 6.42 Å². The van der Waals surface area contributed by atoms with Crippen LogP contribution in [-0.4, -0.2) is 37.5 Å². The SMILES string of the molecule is COc1cccc(NC(=O)[C@H]2CC(=O)N(c3ccc([N+](=O)[O-])cc3OC)C2)c1. The maximum Gasteiger partial charge on any atom is 0.273 e. The van der Waals surface area contributed by atoms with Crippen LogP contribution in [0.5, 0.6) is 11.5 Å². The number of carbonyl (C=O) groups excluding carboxylic acids is 2. The zero-order valence-electron chi connectivity index (χ0n) is 15.4. The number of non-ortho nitro benzene ring substituents is 1. The Morgan fingerprint density at radius 3 is 2.68 bits per heavy atom. The van der Waals surface area contributed by atoms with Gasteiger partial charge in [-0.05, 0) is 18.2 Å². The molecule has 146 valence electrons. The van der Waals surface area contributed by atoms with Crippen LogP contribution >= 0.6 is 0 Å². The van der Waals surface area contributed by atoms with E-state index in [9.17, 15) is 19.7 Å². The summed E-state index contributed by atoms with van der Waals surface area (Å²) in [6.45, 7) is 0.156. The Bertz CT molecular complexity index is 930. The topological polar surface area (TPSA) is 111 Å². The van der Waals surface area contributed by atoms with E-state index in [-0.39, 0.29) is 36.2 Å². The van der Waals surface area contributed by atoms with Crippen molar-refractivity contribution in [3.63, 3.8) is 0 Å². The predicted octanol–water partition coefficient (Wildman–Crippen LogP) is 2.60. The number of carbonyl (C=O) groups is 2. The second-order valence-electron chi connectivity index (χ2n) is 6.24. The summed E-state index contributed by atoms with van der Waals surface area (Å²) in [5, 5.41) is 13.7. The summed E-state index contributed by atoms with van der Waals surface area (Å²) in [6.07, 6.45) is 0.0376. The highest BCUT2D eigenvalue weighted by Crippen LogP contribution is 2.36. The van der Waals surface area contributed by atoms with Crippen molar-refractivity contribution < 1.29 is 24.0 Å². The van der Waals surface area contributed by atoms with Gasteiger partial charge in [0.05, 0.1) is 36.8 Å². The lowest BCUT2D eigenvalue weighted by molar-refractivity contribution is -0.384. The first kappa shape index (κ1) is 19.2. The van der Waals surface area contributed by atoms with Gasteiger partial charge in [-0.15, -0.1) is 0 Å². The number of methoxy groups -OCH3 is 2. The van der Waals surface area contributed by atoms with E-state index in [4.69, 9.17) is 9.47 Å². The Hall–Kier alpha value is -3.62. The first-order chi connectivity index (χ1) is 13.4. The highest BCUT2D eigenvalue weighted by atomic mass is 16.6. The van der Waals surface area contributed by atoms with Gasteiger partial charge in [-0.1, -0.05) is 6.07 Å². The van der Waals surface area contributed by atoms with E-state index in [1.54, 1.807) is 24.3 Å². The molecule has 0 saturated carbocycles. The number of nitro groups is 1. The van der Waals surface area contributed by atoms with E-state index in [1.165, 1.54) is 37.3 Å². The molecule has 9 heteroatoms. The van der Waals surface area contributed by atoms with Crippen LogP contribution in [-0.2, 0) is 9.59 Å². The van der Waals surface area contributed by atoms with E-state index >= 15 is 0 Å². The fourth-order valence-electron chi connectivity index (χ4n) is 3.06. The molecule has 1 saturated heterocycles. The molecule has 0 aliphatic carbocycles. The molecule has 0 bridgehead atoms. The number of rotatable bonds is 6. The lowest BCUT2D eigenvalue weighted by atomic mass is 10.1. The van der Waals surface area contributed by atoms with E-state index in [0.717, 1.165) is 0 Å². The lowest BCUT2D eigenvalue weighted by Crippen LogP contribution is -2.28. The molecule has 1 atom stereocenters. The van der Waals surface area contributed by atoms with Gasteiger partial charge >= 0.3 is 0 Å². The number of hydrogen-bond donors (Lipinski definition) is 1. The standard InChI is InChI=1S/C19H19N3O6/c1-27-15-5-3-4-13(9-15)20-19(24)12-8-18(23)21(11-12)16-7-6-14(22(25)26)10-17(16)28-2/h3-7,9-10,12H,8,11H2,1-2H3,(H,20,24)/t12-/m0/s1. The Morgan fingerprint density at radius 1 is 1.21 bits per heavy atom. The fraction of sp³-hybridized carbons (Fsp3) is 0.263. The third-order valence-electron chi connectivity index (χ3n) is 4.50. The van der Waals surface area contributed by atoms with E-state index in [2.05, 4.69) is 5.32 Å². The monoisotopic (exact) mass is 385 g/mol. The number of nitrogens with one attached hydrogen (secondary N) is 1. The van der Waals surface area contributed by atoms with Gasteiger partial charge in [-0.3, -0.25) is 19.7 Å². The van der Waals surface area contributed by atoms with Crippen LogP contribution in [0.1, 0.15) is 6.42 Å². The summed E-state index contributed by atoms with van der Waals surface area (Å²) >= 11 is 0. The third-order valence-corrected chi connectivity index (χ3v) is 4.50. The van der Waals surface area contributed by atoms with Gasteiger partial charge in [0.25, 0.3) is 5.69 Å². The van der Waals surface area contributed by atoms with E-state index in [0.29, 0.717) is 17.1 Å². The van der Waals surface area contributed by atoms with Gasteiger partial charge in [-0.2, -0.15) is 0 Å². The maximum atomic E-state index is 12.6. The molecule has 3 rings (SSSR count). The number of nitro benzene ring substituents is 1.